The number of nitrogens with zero attached hydrogens (tertiary/aromatic N) is 1. The van der Waals surface area contributed by atoms with E-state index in [0.717, 1.165) is 0 Å². The first kappa shape index (κ1) is 21.4. The lowest BCUT2D eigenvalue weighted by Crippen LogP contribution is -2.70. The predicted molar refractivity (Wildman–Crippen MR) is 109 cm³/mol. The van der Waals surface area contributed by atoms with Crippen molar-refractivity contribution in [1.29, 1.82) is 0 Å². The first-order valence-corrected chi connectivity index (χ1v) is 10.3. The molecule has 1 aromatic carbocycles. The number of rotatable bonds is 5. The smallest absolute Gasteiger partial charge is 0.355 e. The number of thioether (sulfide) groups is 1. The lowest BCUT2D eigenvalue weighted by Gasteiger charge is -2.49. The lowest BCUT2D eigenvalue weighted by molar-refractivity contribution is -0.158. The molecule has 1 fully saturated rings. The number of ether oxygens (including phenoxy) is 1. The number of aliphatic hydroxyl groups is 1. The highest BCUT2D eigenvalue weighted by molar-refractivity contribution is 8.00. The number of esters is 1. The van der Waals surface area contributed by atoms with Gasteiger partial charge in [0.1, 0.15) is 22.7 Å². The van der Waals surface area contributed by atoms with Crippen LogP contribution in [0.4, 0.5) is 0 Å². The van der Waals surface area contributed by atoms with E-state index < -0.39 is 28.9 Å². The summed E-state index contributed by atoms with van der Waals surface area (Å²) in [6.45, 7) is 5.05. The molecule has 8 nitrogen and oxygen atoms in total. The number of nitrogens with two attached hydrogens (primary N) is 1. The highest BCUT2D eigenvalue weighted by Gasteiger charge is 2.54. The number of fused-ring (bicyclic) bond motifs is 1. The zero-order valence-corrected chi connectivity index (χ0v) is 17.4. The summed E-state index contributed by atoms with van der Waals surface area (Å²) in [7, 11) is 0. The van der Waals surface area contributed by atoms with Gasteiger partial charge in [-0.1, -0.05) is 18.2 Å². The molecule has 156 valence electrons. The summed E-state index contributed by atoms with van der Waals surface area (Å²) < 4.78 is 5.41. The number of nitrogens with one attached hydrogen (secondary N) is 1. The maximum atomic E-state index is 12.8. The molecule has 2 aliphatic rings. The fourth-order valence-corrected chi connectivity index (χ4v) is 4.59. The van der Waals surface area contributed by atoms with Gasteiger partial charge in [-0.15, -0.1) is 11.8 Å². The van der Waals surface area contributed by atoms with E-state index >= 15 is 0 Å². The van der Waals surface area contributed by atoms with Gasteiger partial charge in [-0.05, 0) is 38.0 Å². The summed E-state index contributed by atoms with van der Waals surface area (Å²) in [5, 5.41) is 12.0. The molecule has 1 aromatic rings. The summed E-state index contributed by atoms with van der Waals surface area (Å²) in [6.07, 6.45) is 0. The van der Waals surface area contributed by atoms with Crippen LogP contribution < -0.4 is 11.1 Å². The highest BCUT2D eigenvalue weighted by Crippen LogP contribution is 2.41. The molecular weight excluding hydrogens is 394 g/mol. The molecule has 0 spiro atoms. The Bertz CT molecular complexity index is 877. The Labute approximate surface area is 173 Å². The van der Waals surface area contributed by atoms with Gasteiger partial charge < -0.3 is 20.9 Å². The molecule has 2 amide bonds. The van der Waals surface area contributed by atoms with Crippen LogP contribution in [0.5, 0.6) is 0 Å². The van der Waals surface area contributed by atoms with Crippen LogP contribution in [0.25, 0.3) is 0 Å². The molecule has 2 aliphatic heterocycles. The van der Waals surface area contributed by atoms with Crippen LogP contribution >= 0.6 is 11.8 Å². The van der Waals surface area contributed by atoms with E-state index in [1.807, 2.05) is 0 Å². The first-order chi connectivity index (χ1) is 13.7. The number of hydrogen-bond acceptors (Lipinski definition) is 7. The minimum absolute atomic E-state index is 0.0732. The summed E-state index contributed by atoms with van der Waals surface area (Å²) in [5.41, 5.74) is 6.56. The molecule has 0 bridgehead atoms. The number of carbonyl (C=O) groups is 3. The molecule has 9 heteroatoms. The Balaban J connectivity index is 1.80. The number of aliphatic hydroxyl groups excluding tert-OH is 1. The topological polar surface area (TPSA) is 122 Å². The zero-order chi connectivity index (χ0) is 21.3. The number of carbonyl (C=O) groups excluding carboxylic acids is 3. The van der Waals surface area contributed by atoms with E-state index in [1.54, 1.807) is 45.0 Å². The van der Waals surface area contributed by atoms with E-state index in [2.05, 4.69) is 5.32 Å². The van der Waals surface area contributed by atoms with Crippen LogP contribution in [0, 0.1) is 0 Å². The summed E-state index contributed by atoms with van der Waals surface area (Å²) >= 11 is 1.38. The van der Waals surface area contributed by atoms with Gasteiger partial charge in [0.25, 0.3) is 11.8 Å². The fraction of sp³-hybridized carbons (Fsp3) is 0.450. The molecule has 2 atom stereocenters. The monoisotopic (exact) mass is 419 g/mol. The van der Waals surface area contributed by atoms with Crippen molar-refractivity contribution in [2.75, 3.05) is 12.4 Å². The van der Waals surface area contributed by atoms with E-state index in [0.29, 0.717) is 22.5 Å². The van der Waals surface area contributed by atoms with Crippen LogP contribution in [-0.2, 0) is 20.9 Å². The largest absolute Gasteiger partial charge is 0.455 e. The summed E-state index contributed by atoms with van der Waals surface area (Å²) in [6, 6.07) is 6.17. The molecular formula is C20H25N3O5S. The van der Waals surface area contributed by atoms with E-state index in [9.17, 15) is 19.5 Å². The van der Waals surface area contributed by atoms with Crippen molar-refractivity contribution in [3.8, 4) is 0 Å². The van der Waals surface area contributed by atoms with Crippen molar-refractivity contribution in [3.05, 3.63) is 46.7 Å². The minimum atomic E-state index is -0.768. The maximum Gasteiger partial charge on any atom is 0.355 e. The highest BCUT2D eigenvalue weighted by atomic mass is 32.2. The van der Waals surface area contributed by atoms with Crippen LogP contribution in [-0.4, -0.2) is 57.2 Å². The molecule has 0 saturated carbocycles. The Morgan fingerprint density at radius 1 is 1.34 bits per heavy atom. The molecule has 3 rings (SSSR count). The van der Waals surface area contributed by atoms with Gasteiger partial charge in [0.2, 0.25) is 0 Å². The third-order valence-electron chi connectivity index (χ3n) is 4.60. The molecule has 4 N–H and O–H groups in total. The van der Waals surface area contributed by atoms with Crippen LogP contribution in [0.3, 0.4) is 0 Å². The SMILES string of the molecule is CC(C)(C)OC(=O)C1=C(CO)CS[C@@H]2[C@@H](NC(=O)c3ccccc3CN)C(=O)N12. The summed E-state index contributed by atoms with van der Waals surface area (Å²) in [4.78, 5) is 39.5. The molecule has 2 heterocycles. The quantitative estimate of drug-likeness (QED) is 0.475. The van der Waals surface area contributed by atoms with Gasteiger partial charge in [0, 0.05) is 17.9 Å². The van der Waals surface area contributed by atoms with Gasteiger partial charge in [-0.25, -0.2) is 4.79 Å². The molecule has 1 saturated heterocycles. The number of hydrogen-bond donors (Lipinski definition) is 3. The minimum Gasteiger partial charge on any atom is -0.455 e. The Hall–Kier alpha value is -2.36. The fourth-order valence-electron chi connectivity index (χ4n) is 3.26. The van der Waals surface area contributed by atoms with Crippen LogP contribution in [0.2, 0.25) is 0 Å². The van der Waals surface area contributed by atoms with Crippen molar-refractivity contribution in [1.82, 2.24) is 10.2 Å². The zero-order valence-electron chi connectivity index (χ0n) is 16.6. The summed E-state index contributed by atoms with van der Waals surface area (Å²) in [5.74, 6) is -1.09. The normalized spacial score (nSPS) is 21.4. The van der Waals surface area contributed by atoms with Crippen LogP contribution in [0.1, 0.15) is 36.7 Å². The number of amides is 2. The Kier molecular flexibility index (Phi) is 6.02. The molecule has 0 radical (unpaired) electrons. The Morgan fingerprint density at radius 3 is 2.66 bits per heavy atom. The number of β-lactam (4-membered cyclic amide) rings is 1. The van der Waals surface area contributed by atoms with Gasteiger partial charge in [-0.2, -0.15) is 0 Å². The van der Waals surface area contributed by atoms with Gasteiger partial charge in [0.15, 0.2) is 0 Å². The standard InChI is InChI=1S/C20H25N3O5S/c1-20(2,3)28-19(27)15-12(9-24)10-29-18-14(17(26)23(15)18)22-16(25)13-7-5-4-6-11(13)8-21/h4-7,14,18,24H,8-10,21H2,1-3H3,(H,22,25)/t14-,18+/m0/s1. The van der Waals surface area contributed by atoms with Crippen LogP contribution in [0.15, 0.2) is 35.5 Å². The number of benzene rings is 1. The second-order valence-corrected chi connectivity index (χ2v) is 8.94. The van der Waals surface area contributed by atoms with Crippen molar-refractivity contribution in [2.24, 2.45) is 5.73 Å². The lowest BCUT2D eigenvalue weighted by atomic mass is 10.0. The molecule has 29 heavy (non-hydrogen) atoms. The van der Waals surface area contributed by atoms with Crippen molar-refractivity contribution < 1.29 is 24.2 Å². The second kappa shape index (κ2) is 8.17. The van der Waals surface area contributed by atoms with Crippen molar-refractivity contribution in [2.45, 2.75) is 44.3 Å². The van der Waals surface area contributed by atoms with Gasteiger partial charge in [0.05, 0.1) is 6.61 Å². The molecule has 0 aliphatic carbocycles. The predicted octanol–water partition coefficient (Wildman–Crippen LogP) is 0.747. The average Bonchev–Trinajstić information content (AvgIpc) is 2.69. The maximum absolute atomic E-state index is 12.8. The van der Waals surface area contributed by atoms with Gasteiger partial charge in [-0.3, -0.25) is 14.5 Å². The first-order valence-electron chi connectivity index (χ1n) is 9.27. The average molecular weight is 420 g/mol. The van der Waals surface area contributed by atoms with E-state index in [4.69, 9.17) is 10.5 Å². The van der Waals surface area contributed by atoms with Crippen molar-refractivity contribution in [3.63, 3.8) is 0 Å². The third kappa shape index (κ3) is 4.17. The second-order valence-electron chi connectivity index (χ2n) is 7.83. The van der Waals surface area contributed by atoms with E-state index in [-0.39, 0.29) is 24.8 Å². The van der Waals surface area contributed by atoms with E-state index in [1.165, 1.54) is 16.7 Å². The molecule has 0 unspecified atom stereocenters. The van der Waals surface area contributed by atoms with Crippen molar-refractivity contribution >= 4 is 29.5 Å². The Morgan fingerprint density at radius 2 is 2.03 bits per heavy atom. The third-order valence-corrected chi connectivity index (χ3v) is 5.94. The van der Waals surface area contributed by atoms with Gasteiger partial charge >= 0.3 is 5.97 Å². The molecule has 0 aromatic heterocycles.